The van der Waals surface area contributed by atoms with Gasteiger partial charge in [-0.3, -0.25) is 24.4 Å². The van der Waals surface area contributed by atoms with E-state index in [1.54, 1.807) is 11.0 Å². The van der Waals surface area contributed by atoms with Crippen LogP contribution in [0.25, 0.3) is 0 Å². The number of fused-ring (bicyclic) bond motifs is 3. The molecule has 0 saturated carbocycles. The monoisotopic (exact) mass is 529 g/mol. The lowest BCUT2D eigenvalue weighted by atomic mass is 10.1. The van der Waals surface area contributed by atoms with Crippen LogP contribution in [-0.2, 0) is 20.8 Å². The Morgan fingerprint density at radius 3 is 2.63 bits per heavy atom. The number of thioether (sulfide) groups is 1. The molecule has 3 N–H and O–H groups in total. The van der Waals surface area contributed by atoms with Gasteiger partial charge in [0.25, 0.3) is 5.91 Å². The van der Waals surface area contributed by atoms with Gasteiger partial charge in [-0.1, -0.05) is 54.2 Å². The Balaban J connectivity index is 1.24. The molecular formula is C27H27N7O3S. The second kappa shape index (κ2) is 11.4. The number of rotatable bonds is 9. The van der Waals surface area contributed by atoms with E-state index in [4.69, 9.17) is 4.99 Å². The molecule has 3 aromatic rings. The molecular weight excluding hydrogens is 502 g/mol. The first-order valence-corrected chi connectivity index (χ1v) is 13.3. The van der Waals surface area contributed by atoms with Crippen LogP contribution in [0.15, 0.2) is 70.6 Å². The first-order chi connectivity index (χ1) is 18.5. The molecule has 0 bridgehead atoms. The Morgan fingerprint density at radius 1 is 1.05 bits per heavy atom. The molecule has 3 heterocycles. The highest BCUT2D eigenvalue weighted by Gasteiger charge is 2.41. The topological polar surface area (TPSA) is 132 Å². The molecule has 0 saturated heterocycles. The predicted molar refractivity (Wildman–Crippen MR) is 148 cm³/mol. The average Bonchev–Trinajstić information content (AvgIpc) is 3.48. The zero-order valence-corrected chi connectivity index (χ0v) is 21.6. The van der Waals surface area contributed by atoms with Crippen LogP contribution in [0.1, 0.15) is 29.7 Å². The zero-order chi connectivity index (χ0) is 26.5. The van der Waals surface area contributed by atoms with Crippen molar-refractivity contribution in [3.8, 4) is 0 Å². The highest BCUT2D eigenvalue weighted by atomic mass is 32.2. The summed E-state index contributed by atoms with van der Waals surface area (Å²) >= 11 is 1.22. The molecule has 1 atom stereocenters. The van der Waals surface area contributed by atoms with Gasteiger partial charge in [0.1, 0.15) is 11.9 Å². The number of nitrogens with zero attached hydrogens (tertiary/aromatic N) is 4. The lowest BCUT2D eigenvalue weighted by molar-refractivity contribution is -0.122. The minimum atomic E-state index is -0.665. The van der Waals surface area contributed by atoms with Crippen molar-refractivity contribution in [2.45, 2.75) is 32.2 Å². The van der Waals surface area contributed by atoms with E-state index in [0.717, 1.165) is 23.2 Å². The molecule has 38 heavy (non-hydrogen) atoms. The maximum atomic E-state index is 13.0. The molecule has 0 radical (unpaired) electrons. The van der Waals surface area contributed by atoms with Gasteiger partial charge in [-0.15, -0.1) is 0 Å². The number of nitrogens with one attached hydrogen (secondary N) is 3. The number of carbonyl (C=O) groups is 3. The summed E-state index contributed by atoms with van der Waals surface area (Å²) in [5, 5.41) is 13.0. The first kappa shape index (κ1) is 25.4. The number of aromatic amines is 1. The zero-order valence-electron chi connectivity index (χ0n) is 20.8. The van der Waals surface area contributed by atoms with Gasteiger partial charge in [0.15, 0.2) is 11.0 Å². The van der Waals surface area contributed by atoms with E-state index < -0.39 is 6.04 Å². The standard InChI is InChI=1S/C27H27N7O3S/c1-17-15-22(33-32-17)30-24(36)16-38-27-29-20-10-6-5-9-19(20)25-31-26(37)21(34(25)27)11-12-23(35)28-14-13-18-7-3-2-4-8-18/h2-10,15,21H,11-14,16H2,1H3,(H,28,35)(H2,30,32,33,36). The largest absolute Gasteiger partial charge is 0.356 e. The molecule has 1 aromatic heterocycles. The number of amidine groups is 2. The van der Waals surface area contributed by atoms with Crippen LogP contribution in [0.3, 0.4) is 0 Å². The van der Waals surface area contributed by atoms with E-state index in [1.807, 2.05) is 61.5 Å². The summed E-state index contributed by atoms with van der Waals surface area (Å²) in [4.78, 5) is 48.9. The number of para-hydroxylation sites is 1. The average molecular weight is 530 g/mol. The Bertz CT molecular complexity index is 1420. The van der Waals surface area contributed by atoms with E-state index >= 15 is 0 Å². The smallest absolute Gasteiger partial charge is 0.270 e. The minimum absolute atomic E-state index is 0.0670. The van der Waals surface area contributed by atoms with Gasteiger partial charge >= 0.3 is 0 Å². The summed E-state index contributed by atoms with van der Waals surface area (Å²) in [6.45, 7) is 2.37. The fourth-order valence-electron chi connectivity index (χ4n) is 4.31. The molecule has 0 fully saturated rings. The van der Waals surface area contributed by atoms with E-state index in [-0.39, 0.29) is 36.3 Å². The van der Waals surface area contributed by atoms with E-state index in [1.165, 1.54) is 11.8 Å². The Hall–Kier alpha value is -4.25. The Morgan fingerprint density at radius 2 is 1.84 bits per heavy atom. The third kappa shape index (κ3) is 5.83. The number of aryl methyl sites for hydroxylation is 1. The molecule has 10 nitrogen and oxygen atoms in total. The third-order valence-electron chi connectivity index (χ3n) is 6.14. The second-order valence-electron chi connectivity index (χ2n) is 8.97. The molecule has 0 spiro atoms. The van der Waals surface area contributed by atoms with Gasteiger partial charge in [0.2, 0.25) is 11.8 Å². The molecule has 11 heteroatoms. The number of aliphatic imine (C=N–C) groups is 2. The lowest BCUT2D eigenvalue weighted by Gasteiger charge is -2.31. The van der Waals surface area contributed by atoms with Gasteiger partial charge in [-0.05, 0) is 37.5 Å². The van der Waals surface area contributed by atoms with Crippen molar-refractivity contribution in [2.75, 3.05) is 17.6 Å². The van der Waals surface area contributed by atoms with Crippen LogP contribution in [0.4, 0.5) is 11.5 Å². The summed E-state index contributed by atoms with van der Waals surface area (Å²) in [7, 11) is 0. The van der Waals surface area contributed by atoms with Crippen LogP contribution in [0, 0.1) is 6.92 Å². The molecule has 5 rings (SSSR count). The fourth-order valence-corrected chi connectivity index (χ4v) is 5.16. The first-order valence-electron chi connectivity index (χ1n) is 12.3. The number of benzene rings is 2. The van der Waals surface area contributed by atoms with Gasteiger partial charge < -0.3 is 10.6 Å². The van der Waals surface area contributed by atoms with Crippen molar-refractivity contribution in [2.24, 2.45) is 9.98 Å². The number of H-pyrrole nitrogens is 1. The normalized spacial score (nSPS) is 15.9. The van der Waals surface area contributed by atoms with Crippen LogP contribution >= 0.6 is 11.8 Å². The van der Waals surface area contributed by atoms with Crippen molar-refractivity contribution in [1.82, 2.24) is 20.4 Å². The molecule has 2 aliphatic rings. The highest BCUT2D eigenvalue weighted by Crippen LogP contribution is 2.35. The summed E-state index contributed by atoms with van der Waals surface area (Å²) in [5.74, 6) is 0.316. The number of aromatic nitrogens is 2. The number of hydrogen-bond donors (Lipinski definition) is 3. The van der Waals surface area contributed by atoms with E-state index in [2.05, 4.69) is 25.8 Å². The highest BCUT2D eigenvalue weighted by molar-refractivity contribution is 8.14. The van der Waals surface area contributed by atoms with Gasteiger partial charge in [-0.2, -0.15) is 10.1 Å². The minimum Gasteiger partial charge on any atom is -0.356 e. The molecule has 0 aliphatic carbocycles. The van der Waals surface area contributed by atoms with Crippen LogP contribution in [0.5, 0.6) is 0 Å². The summed E-state index contributed by atoms with van der Waals surface area (Å²) in [6.07, 6.45) is 1.19. The Labute approximate surface area is 224 Å². The fraction of sp³-hybridized carbons (Fsp3) is 0.259. The van der Waals surface area contributed by atoms with Crippen molar-refractivity contribution in [3.05, 3.63) is 77.5 Å². The van der Waals surface area contributed by atoms with Crippen molar-refractivity contribution in [1.29, 1.82) is 0 Å². The van der Waals surface area contributed by atoms with Crippen LogP contribution in [0.2, 0.25) is 0 Å². The number of hydrogen-bond acceptors (Lipinski definition) is 7. The third-order valence-corrected chi connectivity index (χ3v) is 7.09. The second-order valence-corrected chi connectivity index (χ2v) is 9.91. The SMILES string of the molecule is Cc1cc(NC(=O)CSC2=Nc3ccccc3C3=NC(=O)C(CCC(=O)NCCc4ccccc4)N23)n[nH]1. The maximum absolute atomic E-state index is 13.0. The lowest BCUT2D eigenvalue weighted by Crippen LogP contribution is -2.44. The molecule has 194 valence electrons. The Kier molecular flexibility index (Phi) is 7.64. The molecule has 2 aromatic carbocycles. The van der Waals surface area contributed by atoms with Gasteiger partial charge in [-0.25, -0.2) is 4.99 Å². The summed E-state index contributed by atoms with van der Waals surface area (Å²) in [5.41, 5.74) is 3.41. The van der Waals surface area contributed by atoms with Crippen molar-refractivity contribution < 1.29 is 14.4 Å². The quantitative estimate of drug-likeness (QED) is 0.390. The van der Waals surface area contributed by atoms with Gasteiger partial charge in [0.05, 0.1) is 11.4 Å². The van der Waals surface area contributed by atoms with Crippen LogP contribution < -0.4 is 10.6 Å². The van der Waals surface area contributed by atoms with Crippen molar-refractivity contribution >= 4 is 52.0 Å². The van der Waals surface area contributed by atoms with Gasteiger partial charge in [0, 0.05) is 30.3 Å². The summed E-state index contributed by atoms with van der Waals surface area (Å²) < 4.78 is 0. The van der Waals surface area contributed by atoms with Crippen molar-refractivity contribution in [3.63, 3.8) is 0 Å². The number of amides is 3. The van der Waals surface area contributed by atoms with Crippen LogP contribution in [-0.4, -0.2) is 62.2 Å². The molecule has 2 aliphatic heterocycles. The summed E-state index contributed by atoms with van der Waals surface area (Å²) in [6, 6.07) is 18.4. The molecule has 3 amide bonds. The maximum Gasteiger partial charge on any atom is 0.270 e. The number of carbonyl (C=O) groups excluding carboxylic acids is 3. The van der Waals surface area contributed by atoms with E-state index in [0.29, 0.717) is 29.1 Å². The van der Waals surface area contributed by atoms with E-state index in [9.17, 15) is 14.4 Å². The number of anilines is 1. The molecule has 1 unspecified atom stereocenters. The predicted octanol–water partition coefficient (Wildman–Crippen LogP) is 3.19.